The molecule has 128 valence electrons. The average Bonchev–Trinajstić information content (AvgIpc) is 2.54. The van der Waals surface area contributed by atoms with Gasteiger partial charge in [0.15, 0.2) is 5.78 Å². The predicted molar refractivity (Wildman–Crippen MR) is 94.3 cm³/mol. The Bertz CT molecular complexity index is 812. The fraction of sp³-hybridized carbons (Fsp3) is 0.278. The molecule has 0 spiro atoms. The molecular formula is C18H22N2O3S. The van der Waals surface area contributed by atoms with Crippen LogP contribution < -0.4 is 4.72 Å². The highest BCUT2D eigenvalue weighted by Crippen LogP contribution is 2.13. The molecule has 0 fully saturated rings. The van der Waals surface area contributed by atoms with E-state index in [4.69, 9.17) is 0 Å². The third-order valence-electron chi connectivity index (χ3n) is 3.54. The summed E-state index contributed by atoms with van der Waals surface area (Å²) in [5.41, 5.74) is 2.43. The zero-order valence-electron chi connectivity index (χ0n) is 14.1. The first-order chi connectivity index (χ1) is 11.3. The van der Waals surface area contributed by atoms with E-state index >= 15 is 0 Å². The second-order valence-corrected chi connectivity index (χ2v) is 7.73. The number of hydrogen-bond acceptors (Lipinski definition) is 4. The highest BCUT2D eigenvalue weighted by molar-refractivity contribution is 7.89. The van der Waals surface area contributed by atoms with Crippen molar-refractivity contribution in [1.82, 2.24) is 9.62 Å². The molecule has 0 aromatic heterocycles. The van der Waals surface area contributed by atoms with Crippen LogP contribution in [0.15, 0.2) is 53.4 Å². The molecule has 0 aliphatic heterocycles. The Morgan fingerprint density at radius 1 is 1.04 bits per heavy atom. The maximum Gasteiger partial charge on any atom is 0.240 e. The molecule has 0 bridgehead atoms. The quantitative estimate of drug-likeness (QED) is 0.782. The zero-order chi connectivity index (χ0) is 17.7. The van der Waals surface area contributed by atoms with Crippen molar-refractivity contribution < 1.29 is 13.2 Å². The number of nitrogens with one attached hydrogen (secondary N) is 1. The molecule has 0 radical (unpaired) electrons. The first kappa shape index (κ1) is 18.3. The van der Waals surface area contributed by atoms with Crippen molar-refractivity contribution in [3.63, 3.8) is 0 Å². The molecule has 0 saturated heterocycles. The van der Waals surface area contributed by atoms with Crippen molar-refractivity contribution in [3.8, 4) is 0 Å². The van der Waals surface area contributed by atoms with Crippen LogP contribution in [0.5, 0.6) is 0 Å². The average molecular weight is 346 g/mol. The first-order valence-electron chi connectivity index (χ1n) is 7.61. The van der Waals surface area contributed by atoms with Crippen LogP contribution in [0, 0.1) is 0 Å². The Morgan fingerprint density at radius 2 is 1.67 bits per heavy atom. The zero-order valence-corrected chi connectivity index (χ0v) is 14.9. The van der Waals surface area contributed by atoms with E-state index in [0.717, 1.165) is 12.1 Å². The van der Waals surface area contributed by atoms with Crippen LogP contribution in [0.2, 0.25) is 0 Å². The summed E-state index contributed by atoms with van der Waals surface area (Å²) >= 11 is 0. The molecule has 0 aliphatic rings. The summed E-state index contributed by atoms with van der Waals surface area (Å²) < 4.78 is 27.3. The van der Waals surface area contributed by atoms with Crippen molar-refractivity contribution in [1.29, 1.82) is 0 Å². The van der Waals surface area contributed by atoms with E-state index in [-0.39, 0.29) is 17.2 Å². The predicted octanol–water partition coefficient (Wildman–Crippen LogP) is 2.43. The number of ketones is 1. The SMILES string of the molecule is CC(=O)c1cccc(S(=O)(=O)NCc2ccc(CN(C)C)cc2)c1. The smallest absolute Gasteiger partial charge is 0.240 e. The van der Waals surface area contributed by atoms with E-state index in [1.54, 1.807) is 12.1 Å². The van der Waals surface area contributed by atoms with Gasteiger partial charge in [0.25, 0.3) is 0 Å². The Balaban J connectivity index is 2.07. The van der Waals surface area contributed by atoms with Crippen LogP contribution in [0.3, 0.4) is 0 Å². The van der Waals surface area contributed by atoms with E-state index in [0.29, 0.717) is 5.56 Å². The third-order valence-corrected chi connectivity index (χ3v) is 4.94. The van der Waals surface area contributed by atoms with Crippen molar-refractivity contribution in [3.05, 3.63) is 65.2 Å². The van der Waals surface area contributed by atoms with Gasteiger partial charge in [-0.05, 0) is 44.3 Å². The van der Waals surface area contributed by atoms with E-state index in [1.165, 1.54) is 24.6 Å². The molecule has 0 atom stereocenters. The van der Waals surface area contributed by atoms with E-state index in [1.807, 2.05) is 38.4 Å². The Hall–Kier alpha value is -2.02. The molecule has 5 nitrogen and oxygen atoms in total. The number of carbonyl (C=O) groups is 1. The van der Waals surface area contributed by atoms with Crippen LogP contribution in [0.25, 0.3) is 0 Å². The Morgan fingerprint density at radius 3 is 2.25 bits per heavy atom. The van der Waals surface area contributed by atoms with Gasteiger partial charge in [-0.15, -0.1) is 0 Å². The van der Waals surface area contributed by atoms with Crippen molar-refractivity contribution >= 4 is 15.8 Å². The summed E-state index contributed by atoms with van der Waals surface area (Å²) in [6, 6.07) is 13.8. The lowest BCUT2D eigenvalue weighted by Crippen LogP contribution is -2.23. The Kier molecular flexibility index (Phi) is 5.88. The summed E-state index contributed by atoms with van der Waals surface area (Å²) in [7, 11) is 0.340. The minimum absolute atomic E-state index is 0.0967. The van der Waals surface area contributed by atoms with Gasteiger partial charge in [-0.25, -0.2) is 13.1 Å². The standard InChI is InChI=1S/C18H22N2O3S/c1-14(21)17-5-4-6-18(11-17)24(22,23)19-12-15-7-9-16(10-8-15)13-20(2)3/h4-11,19H,12-13H2,1-3H3. The monoisotopic (exact) mass is 346 g/mol. The van der Waals surface area contributed by atoms with Crippen molar-refractivity contribution in [2.45, 2.75) is 24.9 Å². The van der Waals surface area contributed by atoms with Crippen LogP contribution in [0.4, 0.5) is 0 Å². The molecule has 0 heterocycles. The van der Waals surface area contributed by atoms with Crippen LogP contribution in [0.1, 0.15) is 28.4 Å². The van der Waals surface area contributed by atoms with Crippen molar-refractivity contribution in [2.24, 2.45) is 0 Å². The topological polar surface area (TPSA) is 66.5 Å². The summed E-state index contributed by atoms with van der Waals surface area (Å²) in [4.78, 5) is 13.6. The highest BCUT2D eigenvalue weighted by atomic mass is 32.2. The number of carbonyl (C=O) groups excluding carboxylic acids is 1. The number of hydrogen-bond donors (Lipinski definition) is 1. The normalized spacial score (nSPS) is 11.7. The molecule has 2 aromatic rings. The van der Waals surface area contributed by atoms with Crippen LogP contribution in [-0.4, -0.2) is 33.2 Å². The van der Waals surface area contributed by atoms with Crippen molar-refractivity contribution in [2.75, 3.05) is 14.1 Å². The largest absolute Gasteiger partial charge is 0.305 e. The molecule has 2 aromatic carbocycles. The first-order valence-corrected chi connectivity index (χ1v) is 9.09. The van der Waals surface area contributed by atoms with Gasteiger partial charge >= 0.3 is 0 Å². The van der Waals surface area contributed by atoms with Gasteiger partial charge in [-0.1, -0.05) is 36.4 Å². The molecule has 0 aliphatic carbocycles. The van der Waals surface area contributed by atoms with Crippen LogP contribution >= 0.6 is 0 Å². The van der Waals surface area contributed by atoms with Gasteiger partial charge in [-0.2, -0.15) is 0 Å². The van der Waals surface area contributed by atoms with E-state index in [2.05, 4.69) is 9.62 Å². The lowest BCUT2D eigenvalue weighted by Gasteiger charge is -2.11. The van der Waals surface area contributed by atoms with Gasteiger partial charge in [0, 0.05) is 18.7 Å². The van der Waals surface area contributed by atoms with Gasteiger partial charge < -0.3 is 4.90 Å². The van der Waals surface area contributed by atoms with Gasteiger partial charge in [0.1, 0.15) is 0 Å². The van der Waals surface area contributed by atoms with Gasteiger partial charge in [-0.3, -0.25) is 4.79 Å². The minimum atomic E-state index is -3.65. The number of rotatable bonds is 7. The third kappa shape index (κ3) is 4.99. The summed E-state index contributed by atoms with van der Waals surface area (Å²) in [6.07, 6.45) is 0. The maximum atomic E-state index is 12.4. The molecule has 0 saturated carbocycles. The summed E-state index contributed by atoms with van der Waals surface area (Å²) in [5, 5.41) is 0. The molecule has 2 rings (SSSR count). The lowest BCUT2D eigenvalue weighted by molar-refractivity contribution is 0.101. The molecule has 0 unspecified atom stereocenters. The second kappa shape index (κ2) is 7.70. The lowest BCUT2D eigenvalue weighted by atomic mass is 10.1. The molecule has 0 amide bonds. The Labute approximate surface area is 143 Å². The fourth-order valence-electron chi connectivity index (χ4n) is 2.27. The summed E-state index contributed by atoms with van der Waals surface area (Å²) in [5.74, 6) is -0.163. The molecule has 1 N–H and O–H groups in total. The number of nitrogens with zero attached hydrogens (tertiary/aromatic N) is 1. The minimum Gasteiger partial charge on any atom is -0.305 e. The maximum absolute atomic E-state index is 12.4. The van der Waals surface area contributed by atoms with Gasteiger partial charge in [0.05, 0.1) is 4.90 Å². The van der Waals surface area contributed by atoms with Crippen LogP contribution in [-0.2, 0) is 23.1 Å². The number of sulfonamides is 1. The number of Topliss-reactive ketones (excluding diaryl/α,β-unsaturated/α-hetero) is 1. The van der Waals surface area contributed by atoms with E-state index in [9.17, 15) is 13.2 Å². The molecular weight excluding hydrogens is 324 g/mol. The highest BCUT2D eigenvalue weighted by Gasteiger charge is 2.15. The fourth-order valence-corrected chi connectivity index (χ4v) is 3.33. The second-order valence-electron chi connectivity index (χ2n) is 5.96. The summed E-state index contributed by atoms with van der Waals surface area (Å²) in [6.45, 7) is 2.45. The number of benzene rings is 2. The van der Waals surface area contributed by atoms with E-state index < -0.39 is 10.0 Å². The van der Waals surface area contributed by atoms with Gasteiger partial charge in [0.2, 0.25) is 10.0 Å². The molecule has 24 heavy (non-hydrogen) atoms. The molecule has 6 heteroatoms.